The number of carboxylic acid groups (broad SMARTS) is 1. The zero-order chi connectivity index (χ0) is 17.6. The summed E-state index contributed by atoms with van der Waals surface area (Å²) in [5.74, 6) is -2.34. The highest BCUT2D eigenvalue weighted by Crippen LogP contribution is 2.23. The van der Waals surface area contributed by atoms with Crippen LogP contribution in [-0.4, -0.2) is 35.5 Å². The Hall–Kier alpha value is -2.88. The molecule has 23 heavy (non-hydrogen) atoms. The summed E-state index contributed by atoms with van der Waals surface area (Å²) in [4.78, 5) is 36.3. The third-order valence-electron chi connectivity index (χ3n) is 3.18. The van der Waals surface area contributed by atoms with Crippen LogP contribution < -0.4 is 10.2 Å². The quantitative estimate of drug-likeness (QED) is 0.817. The molecule has 1 atom stereocenters. The third-order valence-corrected chi connectivity index (χ3v) is 3.18. The standard InChI is InChI=1S/C16H19N3O4/c1-10(2)15(16(23)18-9-14(21)22)19(11(3)20)13-6-4-5-12(7-13)8-17/h4-7,10,15H,9H2,1-3H3,(H,18,23)(H,21,22). The van der Waals surface area contributed by atoms with E-state index in [1.807, 2.05) is 6.07 Å². The summed E-state index contributed by atoms with van der Waals surface area (Å²) in [7, 11) is 0. The zero-order valence-corrected chi connectivity index (χ0v) is 13.2. The van der Waals surface area contributed by atoms with E-state index in [2.05, 4.69) is 5.32 Å². The van der Waals surface area contributed by atoms with Crippen molar-refractivity contribution in [2.75, 3.05) is 11.4 Å². The van der Waals surface area contributed by atoms with Gasteiger partial charge in [-0.2, -0.15) is 5.26 Å². The molecule has 0 aliphatic carbocycles. The lowest BCUT2D eigenvalue weighted by atomic mass is 10.00. The van der Waals surface area contributed by atoms with Crippen molar-refractivity contribution in [2.24, 2.45) is 5.92 Å². The molecule has 0 fully saturated rings. The molecular formula is C16H19N3O4. The molecule has 1 aromatic carbocycles. The monoisotopic (exact) mass is 317 g/mol. The second-order valence-electron chi connectivity index (χ2n) is 5.35. The second-order valence-corrected chi connectivity index (χ2v) is 5.35. The Labute approximate surface area is 134 Å². The molecular weight excluding hydrogens is 298 g/mol. The molecule has 0 spiro atoms. The first-order chi connectivity index (χ1) is 10.8. The highest BCUT2D eigenvalue weighted by atomic mass is 16.4. The number of benzene rings is 1. The van der Waals surface area contributed by atoms with Crippen molar-refractivity contribution >= 4 is 23.5 Å². The predicted molar refractivity (Wildman–Crippen MR) is 83.6 cm³/mol. The summed E-state index contributed by atoms with van der Waals surface area (Å²) in [6.07, 6.45) is 0. The maximum Gasteiger partial charge on any atom is 0.322 e. The van der Waals surface area contributed by atoms with Crippen LogP contribution in [0.4, 0.5) is 5.69 Å². The number of hydrogen-bond donors (Lipinski definition) is 2. The fraction of sp³-hybridized carbons (Fsp3) is 0.375. The van der Waals surface area contributed by atoms with E-state index in [9.17, 15) is 14.4 Å². The molecule has 122 valence electrons. The number of nitrogens with one attached hydrogen (secondary N) is 1. The fourth-order valence-corrected chi connectivity index (χ4v) is 2.25. The molecule has 7 heteroatoms. The molecule has 0 aromatic heterocycles. The van der Waals surface area contributed by atoms with Gasteiger partial charge in [-0.3, -0.25) is 19.3 Å². The molecule has 7 nitrogen and oxygen atoms in total. The SMILES string of the molecule is CC(=O)N(c1cccc(C#N)c1)C(C(=O)NCC(=O)O)C(C)C. The minimum absolute atomic E-state index is 0.251. The van der Waals surface area contributed by atoms with E-state index in [-0.39, 0.29) is 11.8 Å². The van der Waals surface area contributed by atoms with Crippen molar-refractivity contribution in [1.29, 1.82) is 5.26 Å². The van der Waals surface area contributed by atoms with Crippen LogP contribution in [0.2, 0.25) is 0 Å². The number of amides is 2. The van der Waals surface area contributed by atoms with E-state index in [4.69, 9.17) is 10.4 Å². The number of rotatable bonds is 6. The number of hydrogen-bond acceptors (Lipinski definition) is 4. The molecule has 1 aromatic rings. The Morgan fingerprint density at radius 2 is 2.00 bits per heavy atom. The van der Waals surface area contributed by atoms with Crippen molar-refractivity contribution in [3.63, 3.8) is 0 Å². The number of anilines is 1. The van der Waals surface area contributed by atoms with Gasteiger partial charge in [0.05, 0.1) is 11.6 Å². The molecule has 0 aliphatic heterocycles. The van der Waals surface area contributed by atoms with Crippen LogP contribution in [0.25, 0.3) is 0 Å². The van der Waals surface area contributed by atoms with E-state index < -0.39 is 24.5 Å². The van der Waals surface area contributed by atoms with Gasteiger partial charge in [-0.05, 0) is 24.1 Å². The molecule has 1 unspecified atom stereocenters. The number of carbonyl (C=O) groups is 3. The average Bonchev–Trinajstić information content (AvgIpc) is 2.49. The van der Waals surface area contributed by atoms with Crippen LogP contribution in [0.3, 0.4) is 0 Å². The van der Waals surface area contributed by atoms with Crippen molar-refractivity contribution in [3.05, 3.63) is 29.8 Å². The molecule has 2 N–H and O–H groups in total. The Balaban J connectivity index is 3.21. The molecule has 2 amide bonds. The van der Waals surface area contributed by atoms with E-state index in [0.717, 1.165) is 0 Å². The van der Waals surface area contributed by atoms with Crippen LogP contribution >= 0.6 is 0 Å². The minimum Gasteiger partial charge on any atom is -0.480 e. The first-order valence-corrected chi connectivity index (χ1v) is 7.07. The van der Waals surface area contributed by atoms with Crippen molar-refractivity contribution in [1.82, 2.24) is 5.32 Å². The summed E-state index contributed by atoms with van der Waals surface area (Å²) < 4.78 is 0. The van der Waals surface area contributed by atoms with E-state index >= 15 is 0 Å². The van der Waals surface area contributed by atoms with E-state index in [1.54, 1.807) is 32.0 Å². The highest BCUT2D eigenvalue weighted by Gasteiger charge is 2.32. The van der Waals surface area contributed by atoms with Gasteiger partial charge in [0.25, 0.3) is 0 Å². The topological polar surface area (TPSA) is 111 Å². The molecule has 1 rings (SSSR count). The second kappa shape index (κ2) is 7.94. The van der Waals surface area contributed by atoms with Gasteiger partial charge in [0.15, 0.2) is 0 Å². The van der Waals surface area contributed by atoms with Crippen molar-refractivity contribution in [2.45, 2.75) is 26.8 Å². The molecule has 0 saturated carbocycles. The average molecular weight is 317 g/mol. The van der Waals surface area contributed by atoms with Gasteiger partial charge in [-0.25, -0.2) is 0 Å². The molecule has 0 aliphatic rings. The maximum atomic E-state index is 12.3. The normalized spacial score (nSPS) is 11.4. The summed E-state index contributed by atoms with van der Waals surface area (Å²) in [5.41, 5.74) is 0.780. The van der Waals surface area contributed by atoms with E-state index in [0.29, 0.717) is 11.3 Å². The third kappa shape index (κ3) is 4.81. The number of carbonyl (C=O) groups excluding carboxylic acids is 2. The largest absolute Gasteiger partial charge is 0.480 e. The lowest BCUT2D eigenvalue weighted by molar-refractivity contribution is -0.138. The zero-order valence-electron chi connectivity index (χ0n) is 13.2. The molecule has 0 heterocycles. The Morgan fingerprint density at radius 3 is 2.48 bits per heavy atom. The first kappa shape index (κ1) is 18.2. The van der Waals surface area contributed by atoms with Crippen molar-refractivity contribution in [3.8, 4) is 6.07 Å². The molecule has 0 bridgehead atoms. The van der Waals surface area contributed by atoms with Gasteiger partial charge in [-0.15, -0.1) is 0 Å². The van der Waals surface area contributed by atoms with Gasteiger partial charge < -0.3 is 10.4 Å². The van der Waals surface area contributed by atoms with Crippen LogP contribution in [-0.2, 0) is 14.4 Å². The predicted octanol–water partition coefficient (Wildman–Crippen LogP) is 1.14. The minimum atomic E-state index is -1.17. The molecule has 0 radical (unpaired) electrons. The fourth-order valence-electron chi connectivity index (χ4n) is 2.25. The van der Waals surface area contributed by atoms with Gasteiger partial charge in [-0.1, -0.05) is 19.9 Å². The maximum absolute atomic E-state index is 12.3. The Kier molecular flexibility index (Phi) is 6.27. The number of carboxylic acids is 1. The lowest BCUT2D eigenvalue weighted by Gasteiger charge is -2.32. The number of nitriles is 1. The van der Waals surface area contributed by atoms with Crippen molar-refractivity contribution < 1.29 is 19.5 Å². The first-order valence-electron chi connectivity index (χ1n) is 7.07. The van der Waals surface area contributed by atoms with Crippen LogP contribution in [0.1, 0.15) is 26.3 Å². The summed E-state index contributed by atoms with van der Waals surface area (Å²) >= 11 is 0. The Bertz CT molecular complexity index is 649. The van der Waals surface area contributed by atoms with Gasteiger partial charge in [0.1, 0.15) is 12.6 Å². The Morgan fingerprint density at radius 1 is 1.35 bits per heavy atom. The molecule has 0 saturated heterocycles. The van der Waals surface area contributed by atoms with Crippen LogP contribution in [0.15, 0.2) is 24.3 Å². The number of aliphatic carboxylic acids is 1. The summed E-state index contributed by atoms with van der Waals surface area (Å²) in [6.45, 7) is 4.31. The highest BCUT2D eigenvalue weighted by molar-refractivity contribution is 6.00. The van der Waals surface area contributed by atoms with Gasteiger partial charge in [0, 0.05) is 12.6 Å². The van der Waals surface area contributed by atoms with Gasteiger partial charge >= 0.3 is 5.97 Å². The van der Waals surface area contributed by atoms with Crippen LogP contribution in [0, 0.1) is 17.2 Å². The summed E-state index contributed by atoms with van der Waals surface area (Å²) in [6, 6.07) is 7.47. The van der Waals surface area contributed by atoms with Gasteiger partial charge in [0.2, 0.25) is 11.8 Å². The summed E-state index contributed by atoms with van der Waals surface area (Å²) in [5, 5.41) is 20.0. The number of nitrogens with zero attached hydrogens (tertiary/aromatic N) is 2. The van der Waals surface area contributed by atoms with E-state index in [1.165, 1.54) is 17.9 Å². The van der Waals surface area contributed by atoms with Crippen LogP contribution in [0.5, 0.6) is 0 Å². The lowest BCUT2D eigenvalue weighted by Crippen LogP contribution is -2.52. The smallest absolute Gasteiger partial charge is 0.322 e.